The zero-order valence-corrected chi connectivity index (χ0v) is 15.4. The number of carbonyl (C=O) groups excluding carboxylic acids is 4. The quantitative estimate of drug-likeness (QED) is 0.506. The first-order chi connectivity index (χ1) is 12.2. The molecular formula is C16H22N4O5S. The molecule has 10 heteroatoms. The van der Waals surface area contributed by atoms with Crippen molar-refractivity contribution >= 4 is 40.2 Å². The monoisotopic (exact) mass is 382 g/mol. The number of fused-ring (bicyclic) bond motifs is 1. The number of urea groups is 1. The minimum Gasteiger partial charge on any atom is -0.454 e. The van der Waals surface area contributed by atoms with Gasteiger partial charge in [0.05, 0.1) is 5.56 Å². The maximum absolute atomic E-state index is 12.1. The highest BCUT2D eigenvalue weighted by atomic mass is 32.1. The molecule has 1 atom stereocenters. The molecule has 0 aliphatic heterocycles. The second-order valence-electron chi connectivity index (χ2n) is 6.31. The molecule has 9 nitrogen and oxygen atoms in total. The van der Waals surface area contributed by atoms with Gasteiger partial charge in [0, 0.05) is 4.88 Å². The Hall–Kier alpha value is -2.62. The Morgan fingerprint density at radius 3 is 2.46 bits per heavy atom. The number of primary amides is 2. The van der Waals surface area contributed by atoms with E-state index in [1.165, 1.54) is 11.3 Å². The number of anilines is 1. The zero-order valence-electron chi connectivity index (χ0n) is 14.6. The van der Waals surface area contributed by atoms with Crippen LogP contribution in [0.1, 0.15) is 41.1 Å². The zero-order chi connectivity index (χ0) is 19.4. The molecule has 2 rings (SSSR count). The maximum Gasteiger partial charge on any atom is 0.329 e. The Labute approximate surface area is 154 Å². The summed E-state index contributed by atoms with van der Waals surface area (Å²) in [5, 5.41) is 5.23. The molecule has 0 unspecified atom stereocenters. The first kappa shape index (κ1) is 19.7. The molecule has 142 valence electrons. The molecule has 4 amide bonds. The largest absolute Gasteiger partial charge is 0.454 e. The van der Waals surface area contributed by atoms with E-state index in [0.29, 0.717) is 10.6 Å². The highest BCUT2D eigenvalue weighted by molar-refractivity contribution is 7.17. The van der Waals surface area contributed by atoms with Crippen molar-refractivity contribution in [3.8, 4) is 0 Å². The third-order valence-corrected chi connectivity index (χ3v) is 5.19. The lowest BCUT2D eigenvalue weighted by molar-refractivity contribution is -0.150. The van der Waals surface area contributed by atoms with Crippen LogP contribution in [0.3, 0.4) is 0 Å². The minimum atomic E-state index is -0.952. The number of amides is 4. The summed E-state index contributed by atoms with van der Waals surface area (Å²) in [5.74, 6) is -2.22. The number of rotatable bonds is 7. The smallest absolute Gasteiger partial charge is 0.329 e. The van der Waals surface area contributed by atoms with Crippen molar-refractivity contribution in [2.75, 3.05) is 11.9 Å². The van der Waals surface area contributed by atoms with Crippen LogP contribution in [0.5, 0.6) is 0 Å². The van der Waals surface area contributed by atoms with Crippen molar-refractivity contribution in [3.63, 3.8) is 0 Å². The third kappa shape index (κ3) is 4.51. The van der Waals surface area contributed by atoms with Crippen LogP contribution in [0.15, 0.2) is 0 Å². The lowest BCUT2D eigenvalue weighted by Crippen LogP contribution is -2.48. The molecule has 1 aromatic heterocycles. The van der Waals surface area contributed by atoms with Crippen LogP contribution in [-0.4, -0.2) is 36.5 Å². The molecule has 6 N–H and O–H groups in total. The van der Waals surface area contributed by atoms with E-state index in [4.69, 9.17) is 16.2 Å². The van der Waals surface area contributed by atoms with Gasteiger partial charge >= 0.3 is 12.0 Å². The first-order valence-corrected chi connectivity index (χ1v) is 8.99. The molecule has 0 saturated carbocycles. The van der Waals surface area contributed by atoms with Gasteiger partial charge in [-0.2, -0.15) is 0 Å². The second-order valence-corrected chi connectivity index (χ2v) is 7.42. The topological polar surface area (TPSA) is 154 Å². The van der Waals surface area contributed by atoms with Crippen LogP contribution in [0, 0.1) is 5.92 Å². The SMILES string of the molecule is CC(C)[C@H](NC(N)=O)C(=O)OCC(=O)Nc1sc2c(c1C(N)=O)CCC2. The van der Waals surface area contributed by atoms with Crippen molar-refractivity contribution in [2.45, 2.75) is 39.2 Å². The van der Waals surface area contributed by atoms with E-state index in [1.807, 2.05) is 0 Å². The average molecular weight is 382 g/mol. The van der Waals surface area contributed by atoms with Crippen molar-refractivity contribution < 1.29 is 23.9 Å². The van der Waals surface area contributed by atoms with Crippen LogP contribution < -0.4 is 22.1 Å². The van der Waals surface area contributed by atoms with Gasteiger partial charge in [-0.25, -0.2) is 9.59 Å². The van der Waals surface area contributed by atoms with Gasteiger partial charge in [0.2, 0.25) is 0 Å². The summed E-state index contributed by atoms with van der Waals surface area (Å²) in [4.78, 5) is 47.8. The fourth-order valence-electron chi connectivity index (χ4n) is 2.79. The van der Waals surface area contributed by atoms with Gasteiger partial charge in [0.15, 0.2) is 6.61 Å². The predicted octanol–water partition coefficient (Wildman–Crippen LogP) is 0.510. The molecule has 0 radical (unpaired) electrons. The molecule has 1 aromatic rings. The summed E-state index contributed by atoms with van der Waals surface area (Å²) in [6.07, 6.45) is 2.56. The average Bonchev–Trinajstić information content (AvgIpc) is 3.09. The number of esters is 1. The van der Waals surface area contributed by atoms with E-state index in [0.717, 1.165) is 29.7 Å². The van der Waals surface area contributed by atoms with E-state index in [1.54, 1.807) is 13.8 Å². The van der Waals surface area contributed by atoms with E-state index in [-0.39, 0.29) is 5.92 Å². The standard InChI is InChI=1S/C16H22N4O5S/c1-7(2)12(20-16(18)24)15(23)25-6-10(21)19-14-11(13(17)22)8-4-3-5-9(8)26-14/h7,12H,3-6H2,1-2H3,(H2,17,22)(H,19,21)(H3,18,20,24)/t12-/m0/s1. The van der Waals surface area contributed by atoms with Crippen molar-refractivity contribution in [3.05, 3.63) is 16.0 Å². The number of nitrogens with two attached hydrogens (primary N) is 2. The Morgan fingerprint density at radius 2 is 1.88 bits per heavy atom. The summed E-state index contributed by atoms with van der Waals surface area (Å²) >= 11 is 1.31. The maximum atomic E-state index is 12.1. The lowest BCUT2D eigenvalue weighted by Gasteiger charge is -2.19. The number of nitrogens with one attached hydrogen (secondary N) is 2. The number of ether oxygens (including phenoxy) is 1. The minimum absolute atomic E-state index is 0.264. The fraction of sp³-hybridized carbons (Fsp3) is 0.500. The van der Waals surface area contributed by atoms with Crippen molar-refractivity contribution in [2.24, 2.45) is 17.4 Å². The summed E-state index contributed by atoms with van der Waals surface area (Å²) < 4.78 is 4.95. The Kier molecular flexibility index (Phi) is 6.19. The third-order valence-electron chi connectivity index (χ3n) is 3.98. The normalized spacial score (nSPS) is 13.8. The van der Waals surface area contributed by atoms with Gasteiger partial charge in [0.1, 0.15) is 11.0 Å². The van der Waals surface area contributed by atoms with Crippen LogP contribution in [-0.2, 0) is 27.2 Å². The number of aryl methyl sites for hydroxylation is 1. The van der Waals surface area contributed by atoms with Crippen LogP contribution in [0.25, 0.3) is 0 Å². The van der Waals surface area contributed by atoms with Crippen molar-refractivity contribution in [1.82, 2.24) is 5.32 Å². The van der Waals surface area contributed by atoms with E-state index >= 15 is 0 Å². The number of carbonyl (C=O) groups is 4. The van der Waals surface area contributed by atoms with Gasteiger partial charge in [-0.1, -0.05) is 13.8 Å². The van der Waals surface area contributed by atoms with Gasteiger partial charge in [-0.3, -0.25) is 9.59 Å². The van der Waals surface area contributed by atoms with Crippen LogP contribution >= 0.6 is 11.3 Å². The van der Waals surface area contributed by atoms with Gasteiger partial charge in [-0.05, 0) is 30.7 Å². The summed E-state index contributed by atoms with van der Waals surface area (Å²) in [6, 6.07) is -1.81. The van der Waals surface area contributed by atoms with E-state index in [9.17, 15) is 19.2 Å². The molecule has 1 heterocycles. The van der Waals surface area contributed by atoms with Crippen molar-refractivity contribution in [1.29, 1.82) is 0 Å². The number of hydrogen-bond donors (Lipinski definition) is 4. The van der Waals surface area contributed by atoms with Crippen LogP contribution in [0.2, 0.25) is 0 Å². The first-order valence-electron chi connectivity index (χ1n) is 8.17. The molecule has 26 heavy (non-hydrogen) atoms. The van der Waals surface area contributed by atoms with E-state index in [2.05, 4.69) is 10.6 Å². The molecule has 1 aliphatic rings. The summed E-state index contributed by atoms with van der Waals surface area (Å²) in [5.41, 5.74) is 11.7. The fourth-order valence-corrected chi connectivity index (χ4v) is 4.10. The van der Waals surface area contributed by atoms with Gasteiger partial charge in [-0.15, -0.1) is 11.3 Å². The second kappa shape index (κ2) is 8.17. The number of thiophene rings is 1. The summed E-state index contributed by atoms with van der Waals surface area (Å²) in [7, 11) is 0. The highest BCUT2D eigenvalue weighted by Crippen LogP contribution is 2.38. The summed E-state index contributed by atoms with van der Waals surface area (Å²) in [6.45, 7) is 2.85. The Balaban J connectivity index is 1.98. The number of hydrogen-bond acceptors (Lipinski definition) is 6. The molecule has 0 aromatic carbocycles. The van der Waals surface area contributed by atoms with Gasteiger partial charge in [0.25, 0.3) is 11.8 Å². The molecular weight excluding hydrogens is 360 g/mol. The molecule has 0 spiro atoms. The molecule has 0 bridgehead atoms. The molecule has 0 fully saturated rings. The molecule has 0 saturated heterocycles. The van der Waals surface area contributed by atoms with Gasteiger partial charge < -0.3 is 26.8 Å². The highest BCUT2D eigenvalue weighted by Gasteiger charge is 2.28. The van der Waals surface area contributed by atoms with E-state index < -0.39 is 36.5 Å². The lowest BCUT2D eigenvalue weighted by atomic mass is 10.1. The van der Waals surface area contributed by atoms with Crippen LogP contribution in [0.4, 0.5) is 9.80 Å². The Bertz CT molecular complexity index is 743. The predicted molar refractivity (Wildman–Crippen MR) is 95.8 cm³/mol. The molecule has 1 aliphatic carbocycles. The Morgan fingerprint density at radius 1 is 1.19 bits per heavy atom.